The number of carbonyl (C=O) groups is 1. The van der Waals surface area contributed by atoms with Gasteiger partial charge < -0.3 is 15.7 Å². The molecule has 2 rings (SSSR count). The van der Waals surface area contributed by atoms with Crippen molar-refractivity contribution < 1.29 is 9.90 Å². The molecule has 4 nitrogen and oxygen atoms in total. The lowest BCUT2D eigenvalue weighted by atomic mass is 9.84. The average Bonchev–Trinajstić information content (AvgIpc) is 2.74. The van der Waals surface area contributed by atoms with Gasteiger partial charge in [-0.15, -0.1) is 0 Å². The molecule has 1 aliphatic heterocycles. The summed E-state index contributed by atoms with van der Waals surface area (Å²) >= 11 is 0. The van der Waals surface area contributed by atoms with Crippen LogP contribution < -0.4 is 10.6 Å². The smallest absolute Gasteiger partial charge is 0.224 e. The van der Waals surface area contributed by atoms with Gasteiger partial charge in [-0.05, 0) is 25.3 Å². The summed E-state index contributed by atoms with van der Waals surface area (Å²) in [7, 11) is 0. The normalized spacial score (nSPS) is 32.4. The Labute approximate surface area is 103 Å². The summed E-state index contributed by atoms with van der Waals surface area (Å²) in [6, 6.07) is 0. The molecule has 98 valence electrons. The van der Waals surface area contributed by atoms with Crippen LogP contribution in [0.25, 0.3) is 0 Å². The highest BCUT2D eigenvalue weighted by molar-refractivity contribution is 5.79. The maximum absolute atomic E-state index is 12.0. The summed E-state index contributed by atoms with van der Waals surface area (Å²) < 4.78 is 0. The second kappa shape index (κ2) is 5.36. The van der Waals surface area contributed by atoms with E-state index >= 15 is 0 Å². The Balaban J connectivity index is 1.79. The molecule has 2 aliphatic rings. The third-order valence-electron chi connectivity index (χ3n) is 4.23. The lowest BCUT2D eigenvalue weighted by molar-refractivity contribution is -0.127. The van der Waals surface area contributed by atoms with Crippen LogP contribution in [-0.2, 0) is 4.79 Å². The summed E-state index contributed by atoms with van der Waals surface area (Å²) in [5, 5.41) is 16.5. The van der Waals surface area contributed by atoms with E-state index in [-0.39, 0.29) is 11.8 Å². The first-order chi connectivity index (χ1) is 8.11. The van der Waals surface area contributed by atoms with Crippen molar-refractivity contribution >= 4 is 5.91 Å². The molecule has 4 heteroatoms. The van der Waals surface area contributed by atoms with Crippen LogP contribution in [0.4, 0.5) is 0 Å². The highest BCUT2D eigenvalue weighted by Crippen LogP contribution is 2.27. The number of hydrogen-bond donors (Lipinski definition) is 3. The van der Waals surface area contributed by atoms with E-state index in [0.717, 1.165) is 38.8 Å². The van der Waals surface area contributed by atoms with E-state index in [1.54, 1.807) is 0 Å². The fourth-order valence-corrected chi connectivity index (χ4v) is 2.93. The quantitative estimate of drug-likeness (QED) is 0.679. The Hall–Kier alpha value is -0.610. The number of hydrogen-bond acceptors (Lipinski definition) is 3. The van der Waals surface area contributed by atoms with Crippen molar-refractivity contribution in [2.75, 3.05) is 19.6 Å². The topological polar surface area (TPSA) is 61.4 Å². The SMILES string of the molecule is CC1CNCC1C(=O)NCC1(O)CCCCC1. The van der Waals surface area contributed by atoms with Crippen molar-refractivity contribution in [2.24, 2.45) is 11.8 Å². The second-order valence-corrected chi connectivity index (χ2v) is 5.74. The maximum Gasteiger partial charge on any atom is 0.224 e. The lowest BCUT2D eigenvalue weighted by Gasteiger charge is -2.32. The monoisotopic (exact) mass is 240 g/mol. The predicted molar refractivity (Wildman–Crippen MR) is 66.6 cm³/mol. The number of carbonyl (C=O) groups excluding carboxylic acids is 1. The van der Waals surface area contributed by atoms with Gasteiger partial charge in [0.1, 0.15) is 0 Å². The van der Waals surface area contributed by atoms with E-state index in [1.165, 1.54) is 6.42 Å². The van der Waals surface area contributed by atoms with Crippen LogP contribution in [0.5, 0.6) is 0 Å². The minimum atomic E-state index is -0.650. The molecule has 1 saturated heterocycles. The summed E-state index contributed by atoms with van der Waals surface area (Å²) in [6.07, 6.45) is 5.01. The van der Waals surface area contributed by atoms with Crippen LogP contribution in [0.3, 0.4) is 0 Å². The highest BCUT2D eigenvalue weighted by atomic mass is 16.3. The van der Waals surface area contributed by atoms with E-state index in [2.05, 4.69) is 17.6 Å². The molecule has 0 spiro atoms. The van der Waals surface area contributed by atoms with Crippen LogP contribution in [0, 0.1) is 11.8 Å². The first-order valence-corrected chi connectivity index (χ1v) is 6.81. The van der Waals surface area contributed by atoms with Gasteiger partial charge in [0.2, 0.25) is 5.91 Å². The zero-order chi connectivity index (χ0) is 12.3. The molecular formula is C13H24N2O2. The van der Waals surface area contributed by atoms with E-state index in [1.807, 2.05) is 0 Å². The summed E-state index contributed by atoms with van der Waals surface area (Å²) in [5.74, 6) is 0.569. The molecule has 1 saturated carbocycles. The van der Waals surface area contributed by atoms with E-state index < -0.39 is 5.60 Å². The standard InChI is InChI=1S/C13H24N2O2/c1-10-7-14-8-11(10)12(16)15-9-13(17)5-3-2-4-6-13/h10-11,14,17H,2-9H2,1H3,(H,15,16). The molecule has 2 unspecified atom stereocenters. The van der Waals surface area contributed by atoms with Gasteiger partial charge in [0.15, 0.2) is 0 Å². The Morgan fingerprint density at radius 2 is 2.06 bits per heavy atom. The van der Waals surface area contributed by atoms with Gasteiger partial charge in [-0.1, -0.05) is 26.2 Å². The van der Waals surface area contributed by atoms with Gasteiger partial charge in [-0.3, -0.25) is 4.79 Å². The van der Waals surface area contributed by atoms with Crippen molar-refractivity contribution in [1.29, 1.82) is 0 Å². The van der Waals surface area contributed by atoms with Crippen LogP contribution in [0.2, 0.25) is 0 Å². The number of nitrogens with one attached hydrogen (secondary N) is 2. The first kappa shape index (κ1) is 12.8. The van der Waals surface area contributed by atoms with Gasteiger partial charge in [-0.25, -0.2) is 0 Å². The van der Waals surface area contributed by atoms with Crippen molar-refractivity contribution in [3.8, 4) is 0 Å². The van der Waals surface area contributed by atoms with E-state index in [9.17, 15) is 9.90 Å². The van der Waals surface area contributed by atoms with Crippen molar-refractivity contribution in [2.45, 2.75) is 44.6 Å². The number of aliphatic hydroxyl groups is 1. The Bertz CT molecular complexity index is 275. The molecule has 17 heavy (non-hydrogen) atoms. The molecule has 2 atom stereocenters. The highest BCUT2D eigenvalue weighted by Gasteiger charge is 2.33. The zero-order valence-electron chi connectivity index (χ0n) is 10.7. The molecule has 0 aromatic carbocycles. The van der Waals surface area contributed by atoms with E-state index in [0.29, 0.717) is 12.5 Å². The molecule has 2 fully saturated rings. The molecule has 0 aromatic rings. The second-order valence-electron chi connectivity index (χ2n) is 5.74. The van der Waals surface area contributed by atoms with Gasteiger partial charge in [0, 0.05) is 13.1 Å². The summed E-state index contributed by atoms with van der Waals surface area (Å²) in [5.41, 5.74) is -0.650. The Morgan fingerprint density at radius 3 is 2.65 bits per heavy atom. The predicted octanol–water partition coefficient (Wildman–Crippen LogP) is 0.653. The van der Waals surface area contributed by atoms with Crippen LogP contribution >= 0.6 is 0 Å². The van der Waals surface area contributed by atoms with Crippen LogP contribution in [0.1, 0.15) is 39.0 Å². The molecule has 1 heterocycles. The molecule has 3 N–H and O–H groups in total. The van der Waals surface area contributed by atoms with E-state index in [4.69, 9.17) is 0 Å². The van der Waals surface area contributed by atoms with Gasteiger partial charge in [0.05, 0.1) is 11.5 Å². The first-order valence-electron chi connectivity index (χ1n) is 6.81. The van der Waals surface area contributed by atoms with Gasteiger partial charge >= 0.3 is 0 Å². The molecule has 0 aromatic heterocycles. The molecule has 1 amide bonds. The van der Waals surface area contributed by atoms with Crippen molar-refractivity contribution in [3.63, 3.8) is 0 Å². The molecule has 0 radical (unpaired) electrons. The molecule has 1 aliphatic carbocycles. The lowest BCUT2D eigenvalue weighted by Crippen LogP contribution is -2.46. The minimum Gasteiger partial charge on any atom is -0.388 e. The average molecular weight is 240 g/mol. The third-order valence-corrected chi connectivity index (χ3v) is 4.23. The number of amides is 1. The zero-order valence-corrected chi connectivity index (χ0v) is 10.7. The fraction of sp³-hybridized carbons (Fsp3) is 0.923. The molecular weight excluding hydrogens is 216 g/mol. The van der Waals surface area contributed by atoms with Crippen LogP contribution in [0.15, 0.2) is 0 Å². The maximum atomic E-state index is 12.0. The minimum absolute atomic E-state index is 0.0715. The fourth-order valence-electron chi connectivity index (χ4n) is 2.93. The van der Waals surface area contributed by atoms with Gasteiger partial charge in [0.25, 0.3) is 0 Å². The van der Waals surface area contributed by atoms with Crippen LogP contribution in [-0.4, -0.2) is 36.2 Å². The summed E-state index contributed by atoms with van der Waals surface area (Å²) in [4.78, 5) is 12.0. The summed E-state index contributed by atoms with van der Waals surface area (Å²) in [6.45, 7) is 4.21. The van der Waals surface area contributed by atoms with Crippen molar-refractivity contribution in [1.82, 2.24) is 10.6 Å². The Kier molecular flexibility index (Phi) is 4.05. The van der Waals surface area contributed by atoms with Crippen molar-refractivity contribution in [3.05, 3.63) is 0 Å². The Morgan fingerprint density at radius 1 is 1.35 bits per heavy atom. The van der Waals surface area contributed by atoms with Gasteiger partial charge in [-0.2, -0.15) is 0 Å². The third kappa shape index (κ3) is 3.19. The largest absolute Gasteiger partial charge is 0.388 e. The molecule has 0 bridgehead atoms. The number of rotatable bonds is 3.